The monoisotopic (exact) mass is 156 g/mol. The van der Waals surface area contributed by atoms with Crippen molar-refractivity contribution in [3.8, 4) is 0 Å². The number of carbonyl (C=O) groups excluding carboxylic acids is 1. The van der Waals surface area contributed by atoms with Crippen molar-refractivity contribution in [2.75, 3.05) is 0 Å². The highest BCUT2D eigenvalue weighted by Crippen LogP contribution is 2.28. The molecule has 1 atom stereocenters. The first-order chi connectivity index (χ1) is 4.91. The topological polar surface area (TPSA) is 46.5 Å². The summed E-state index contributed by atoms with van der Waals surface area (Å²) in [6.07, 6.45) is 1.15. The summed E-state index contributed by atoms with van der Waals surface area (Å²) in [6.45, 7) is 5.83. The summed E-state index contributed by atoms with van der Waals surface area (Å²) in [6, 6.07) is 0. The normalized spacial score (nSPS) is 24.8. The number of rotatable bonds is 0. The van der Waals surface area contributed by atoms with Gasteiger partial charge in [0.05, 0.1) is 0 Å². The smallest absolute Gasteiger partial charge is 0.373 e. The van der Waals surface area contributed by atoms with E-state index in [1.165, 1.54) is 6.08 Å². The lowest BCUT2D eigenvalue weighted by molar-refractivity contribution is -0.145. The molecule has 3 heteroatoms. The van der Waals surface area contributed by atoms with Gasteiger partial charge in [0.2, 0.25) is 5.76 Å². The van der Waals surface area contributed by atoms with Crippen molar-refractivity contribution in [2.24, 2.45) is 5.41 Å². The predicted octanol–water partition coefficient (Wildman–Crippen LogP) is 1.40. The van der Waals surface area contributed by atoms with Crippen molar-refractivity contribution in [3.63, 3.8) is 0 Å². The minimum absolute atomic E-state index is 0.139. The molecule has 62 valence electrons. The molecule has 0 aliphatic carbocycles. The Morgan fingerprint density at radius 2 is 2.09 bits per heavy atom. The van der Waals surface area contributed by atoms with E-state index in [-0.39, 0.29) is 17.3 Å². The summed E-state index contributed by atoms with van der Waals surface area (Å²) in [5.41, 5.74) is -0.139. The molecule has 1 N–H and O–H groups in total. The number of aliphatic hydroxyl groups is 1. The first-order valence-corrected chi connectivity index (χ1v) is 3.53. The van der Waals surface area contributed by atoms with Gasteiger partial charge < -0.3 is 9.84 Å². The van der Waals surface area contributed by atoms with Crippen LogP contribution in [-0.4, -0.2) is 17.2 Å². The average molecular weight is 156 g/mol. The largest absolute Gasteiger partial charge is 0.502 e. The van der Waals surface area contributed by atoms with Crippen LogP contribution < -0.4 is 0 Å². The van der Waals surface area contributed by atoms with E-state index in [0.717, 1.165) is 0 Å². The molecule has 0 radical (unpaired) electrons. The summed E-state index contributed by atoms with van der Waals surface area (Å²) >= 11 is 0. The van der Waals surface area contributed by atoms with Crippen LogP contribution in [0.3, 0.4) is 0 Å². The maximum absolute atomic E-state index is 10.7. The Balaban J connectivity index is 2.76. The number of hydrogen-bond acceptors (Lipinski definition) is 3. The first-order valence-electron chi connectivity index (χ1n) is 3.53. The van der Waals surface area contributed by atoms with Gasteiger partial charge in [0.15, 0.2) is 0 Å². The van der Waals surface area contributed by atoms with E-state index in [1.807, 2.05) is 20.8 Å². The second kappa shape index (κ2) is 2.26. The summed E-state index contributed by atoms with van der Waals surface area (Å²) < 4.78 is 4.86. The number of aliphatic hydroxyl groups excluding tert-OH is 1. The molecule has 0 spiro atoms. The van der Waals surface area contributed by atoms with Crippen LogP contribution >= 0.6 is 0 Å². The number of ether oxygens (including phenoxy) is 1. The number of cyclic esters (lactones) is 1. The number of carbonyl (C=O) groups is 1. The molecule has 0 fully saturated rings. The summed E-state index contributed by atoms with van der Waals surface area (Å²) in [5.74, 6) is -0.894. The molecule has 1 rings (SSSR count). The van der Waals surface area contributed by atoms with Crippen molar-refractivity contribution < 1.29 is 14.6 Å². The molecule has 0 saturated carbocycles. The molecule has 1 aliphatic heterocycles. The molecule has 11 heavy (non-hydrogen) atoms. The zero-order chi connectivity index (χ0) is 8.65. The van der Waals surface area contributed by atoms with Gasteiger partial charge in [-0.3, -0.25) is 0 Å². The van der Waals surface area contributed by atoms with Crippen LogP contribution in [0.25, 0.3) is 0 Å². The molecule has 0 aromatic carbocycles. The van der Waals surface area contributed by atoms with Crippen LogP contribution in [0.2, 0.25) is 0 Å². The molecule has 0 aromatic rings. The van der Waals surface area contributed by atoms with Crippen LogP contribution in [0.4, 0.5) is 0 Å². The summed E-state index contributed by atoms with van der Waals surface area (Å²) in [7, 11) is 0. The Morgan fingerprint density at radius 3 is 2.27 bits per heavy atom. The van der Waals surface area contributed by atoms with E-state index in [4.69, 9.17) is 9.84 Å². The molecular weight excluding hydrogens is 144 g/mol. The Bertz CT molecular complexity index is 210. The maximum atomic E-state index is 10.7. The van der Waals surface area contributed by atoms with Gasteiger partial charge in [-0.25, -0.2) is 4.79 Å². The highest BCUT2D eigenvalue weighted by molar-refractivity contribution is 5.88. The van der Waals surface area contributed by atoms with Gasteiger partial charge in [-0.2, -0.15) is 0 Å². The lowest BCUT2D eigenvalue weighted by atomic mass is 9.89. The number of esters is 1. The minimum atomic E-state index is -0.620. The highest BCUT2D eigenvalue weighted by Gasteiger charge is 2.33. The fraction of sp³-hybridized carbons (Fsp3) is 0.625. The van der Waals surface area contributed by atoms with E-state index in [1.54, 1.807) is 0 Å². The van der Waals surface area contributed by atoms with Gasteiger partial charge in [0.1, 0.15) is 6.10 Å². The molecule has 0 unspecified atom stereocenters. The fourth-order valence-electron chi connectivity index (χ4n) is 0.848. The van der Waals surface area contributed by atoms with E-state index in [0.29, 0.717) is 0 Å². The van der Waals surface area contributed by atoms with Crippen molar-refractivity contribution in [3.05, 3.63) is 11.8 Å². The first kappa shape index (κ1) is 8.11. The van der Waals surface area contributed by atoms with Gasteiger partial charge >= 0.3 is 5.97 Å². The minimum Gasteiger partial charge on any atom is -0.502 e. The SMILES string of the molecule is CC(C)(C)[C@@H]1C=C(O)C(=O)O1. The molecule has 0 bridgehead atoms. The van der Waals surface area contributed by atoms with Crippen molar-refractivity contribution >= 4 is 5.97 Å². The third kappa shape index (κ3) is 1.53. The summed E-state index contributed by atoms with van der Waals surface area (Å²) in [4.78, 5) is 10.7. The Morgan fingerprint density at radius 1 is 1.55 bits per heavy atom. The van der Waals surface area contributed by atoms with E-state index in [2.05, 4.69) is 0 Å². The molecule has 3 nitrogen and oxygen atoms in total. The van der Waals surface area contributed by atoms with Crippen molar-refractivity contribution in [2.45, 2.75) is 26.9 Å². The third-order valence-corrected chi connectivity index (χ3v) is 1.61. The van der Waals surface area contributed by atoms with Crippen LogP contribution in [-0.2, 0) is 9.53 Å². The molecular formula is C8H12O3. The van der Waals surface area contributed by atoms with Gasteiger partial charge in [0, 0.05) is 11.5 Å². The van der Waals surface area contributed by atoms with E-state index in [9.17, 15) is 4.79 Å². The molecule has 0 aromatic heterocycles. The average Bonchev–Trinajstić information content (AvgIpc) is 2.11. The van der Waals surface area contributed by atoms with Crippen LogP contribution in [0.15, 0.2) is 11.8 Å². The van der Waals surface area contributed by atoms with Crippen LogP contribution in [0, 0.1) is 5.41 Å². The lowest BCUT2D eigenvalue weighted by Crippen LogP contribution is -2.25. The van der Waals surface area contributed by atoms with E-state index >= 15 is 0 Å². The lowest BCUT2D eigenvalue weighted by Gasteiger charge is -2.23. The fourth-order valence-corrected chi connectivity index (χ4v) is 0.848. The van der Waals surface area contributed by atoms with Gasteiger partial charge in [-0.15, -0.1) is 0 Å². The second-order valence-corrected chi connectivity index (χ2v) is 3.74. The zero-order valence-corrected chi connectivity index (χ0v) is 6.92. The van der Waals surface area contributed by atoms with Gasteiger partial charge in [0.25, 0.3) is 0 Å². The summed E-state index contributed by atoms with van der Waals surface area (Å²) in [5, 5.41) is 8.92. The molecule has 1 heterocycles. The Hall–Kier alpha value is -0.990. The maximum Gasteiger partial charge on any atom is 0.373 e. The van der Waals surface area contributed by atoms with Crippen LogP contribution in [0.5, 0.6) is 0 Å². The quantitative estimate of drug-likeness (QED) is 0.539. The molecule has 0 amide bonds. The van der Waals surface area contributed by atoms with Crippen LogP contribution in [0.1, 0.15) is 20.8 Å². The molecule has 1 aliphatic rings. The van der Waals surface area contributed by atoms with Crippen molar-refractivity contribution in [1.29, 1.82) is 0 Å². The Kier molecular flexibility index (Phi) is 1.66. The Labute approximate surface area is 65.7 Å². The zero-order valence-electron chi connectivity index (χ0n) is 6.92. The number of hydrogen-bond donors (Lipinski definition) is 1. The third-order valence-electron chi connectivity index (χ3n) is 1.61. The standard InChI is InChI=1S/C8H12O3/c1-8(2,3)6-4-5(9)7(10)11-6/h4,6,9H,1-3H3/t6-/m0/s1. The van der Waals surface area contributed by atoms with Crippen molar-refractivity contribution in [1.82, 2.24) is 0 Å². The second-order valence-electron chi connectivity index (χ2n) is 3.74. The van der Waals surface area contributed by atoms with E-state index < -0.39 is 5.97 Å². The highest BCUT2D eigenvalue weighted by atomic mass is 16.6. The van der Waals surface area contributed by atoms with Gasteiger partial charge in [-0.05, 0) is 0 Å². The molecule has 0 saturated heterocycles. The predicted molar refractivity (Wildman–Crippen MR) is 40.0 cm³/mol. The van der Waals surface area contributed by atoms with Gasteiger partial charge in [-0.1, -0.05) is 20.8 Å².